The number of terminal acetylenes is 1. The van der Waals surface area contributed by atoms with E-state index in [-0.39, 0.29) is 0 Å². The second kappa shape index (κ2) is 11.0. The highest BCUT2D eigenvalue weighted by Gasteiger charge is 2.22. The Kier molecular flexibility index (Phi) is 6.17. The first-order valence-corrected chi connectivity index (χ1v) is 16.6. The van der Waals surface area contributed by atoms with E-state index in [9.17, 15) is 0 Å². The maximum atomic E-state index is 6.35. The molecule has 0 aliphatic heterocycles. The van der Waals surface area contributed by atoms with E-state index in [4.69, 9.17) is 21.4 Å². The summed E-state index contributed by atoms with van der Waals surface area (Å²) in [6.07, 6.45) is 6.35. The molecule has 3 heterocycles. The van der Waals surface area contributed by atoms with E-state index >= 15 is 0 Å². The van der Waals surface area contributed by atoms with Crippen molar-refractivity contribution in [3.8, 4) is 46.8 Å². The predicted molar refractivity (Wildman–Crippen MR) is 205 cm³/mol. The Morgan fingerprint density at radius 3 is 1.70 bits per heavy atom. The number of benzene rings is 7. The molecule has 232 valence electrons. The molecule has 0 fully saturated rings. The molecule has 50 heavy (non-hydrogen) atoms. The van der Waals surface area contributed by atoms with Gasteiger partial charge in [0.05, 0.1) is 27.8 Å². The lowest BCUT2D eigenvalue weighted by atomic mass is 10.0. The van der Waals surface area contributed by atoms with Gasteiger partial charge >= 0.3 is 0 Å². The molecular formula is C45H27N5. The van der Waals surface area contributed by atoms with Crippen LogP contribution in [0.25, 0.3) is 88.8 Å². The van der Waals surface area contributed by atoms with Gasteiger partial charge in [-0.15, -0.1) is 6.42 Å². The molecule has 0 unspecified atom stereocenters. The number of para-hydroxylation sites is 2. The fraction of sp³-hybridized carbons (Fsp3) is 0. The van der Waals surface area contributed by atoms with E-state index in [1.165, 1.54) is 21.5 Å². The van der Waals surface area contributed by atoms with Gasteiger partial charge in [0.1, 0.15) is 0 Å². The normalized spacial score (nSPS) is 11.6. The van der Waals surface area contributed by atoms with E-state index < -0.39 is 0 Å². The minimum Gasteiger partial charge on any atom is -0.308 e. The summed E-state index contributed by atoms with van der Waals surface area (Å²) in [5, 5.41) is 6.91. The lowest BCUT2D eigenvalue weighted by Gasteiger charge is -2.14. The highest BCUT2D eigenvalue weighted by atomic mass is 15.2. The molecule has 5 nitrogen and oxygen atoms in total. The quantitative estimate of drug-likeness (QED) is 0.180. The monoisotopic (exact) mass is 637 g/mol. The second-order valence-electron chi connectivity index (χ2n) is 12.4. The number of hydrogen-bond donors (Lipinski definition) is 0. The second-order valence-corrected chi connectivity index (χ2v) is 12.4. The molecule has 5 heteroatoms. The largest absolute Gasteiger partial charge is 0.308 e. The summed E-state index contributed by atoms with van der Waals surface area (Å²) < 4.78 is 4.46. The van der Waals surface area contributed by atoms with Gasteiger partial charge in [-0.25, -0.2) is 4.98 Å². The summed E-state index contributed by atoms with van der Waals surface area (Å²) in [6, 6.07) is 54.4. The summed E-state index contributed by atoms with van der Waals surface area (Å²) in [5.41, 5.74) is 7.70. The van der Waals surface area contributed by atoms with Crippen LogP contribution in [0.15, 0.2) is 158 Å². The molecule has 0 bridgehead atoms. The fourth-order valence-electron chi connectivity index (χ4n) is 7.42. The van der Waals surface area contributed by atoms with Crippen LogP contribution in [-0.2, 0) is 0 Å². The Morgan fingerprint density at radius 1 is 0.440 bits per heavy atom. The van der Waals surface area contributed by atoms with Crippen LogP contribution in [0, 0.1) is 12.3 Å². The lowest BCUT2D eigenvalue weighted by Crippen LogP contribution is -2.07. The predicted octanol–water partition coefficient (Wildman–Crippen LogP) is 10.5. The average Bonchev–Trinajstić information content (AvgIpc) is 3.70. The van der Waals surface area contributed by atoms with Crippen molar-refractivity contribution < 1.29 is 0 Å². The summed E-state index contributed by atoms with van der Waals surface area (Å²) in [7, 11) is 0. The third-order valence-electron chi connectivity index (χ3n) is 9.64. The Bertz CT molecular complexity index is 2930. The summed E-state index contributed by atoms with van der Waals surface area (Å²) in [4.78, 5) is 15.2. The Hall–Kier alpha value is -7.03. The van der Waals surface area contributed by atoms with Crippen molar-refractivity contribution >= 4 is 54.4 Å². The van der Waals surface area contributed by atoms with Gasteiger partial charge in [-0.05, 0) is 41.1 Å². The highest BCUT2D eigenvalue weighted by Crippen LogP contribution is 2.40. The molecule has 0 N–H and O–H groups in total. The van der Waals surface area contributed by atoms with Crippen molar-refractivity contribution in [2.75, 3.05) is 0 Å². The molecule has 0 saturated carbocycles. The first-order valence-electron chi connectivity index (χ1n) is 16.6. The number of aromatic nitrogens is 5. The molecular weight excluding hydrogens is 611 g/mol. The van der Waals surface area contributed by atoms with Crippen LogP contribution in [0.5, 0.6) is 0 Å². The standard InChI is InChI=1S/C45H27N5/c1-2-29-27-36-34-21-11-13-23-37(34)50(45-47-43(31-16-5-3-6-17-31)46-44(48-45)32-18-7-4-8-19-32)41(36)28-40(29)49-38-24-14-12-22-35(38)42-33-20-10-9-15-30(33)25-26-39(42)49/h1,3-28H. The van der Waals surface area contributed by atoms with Crippen molar-refractivity contribution in [3.05, 3.63) is 163 Å². The van der Waals surface area contributed by atoms with E-state index in [1.54, 1.807) is 0 Å². The highest BCUT2D eigenvalue weighted by molar-refractivity contribution is 6.21. The minimum atomic E-state index is 0.538. The third-order valence-corrected chi connectivity index (χ3v) is 9.64. The fourth-order valence-corrected chi connectivity index (χ4v) is 7.42. The topological polar surface area (TPSA) is 48.5 Å². The number of rotatable bonds is 4. The molecule has 10 aromatic rings. The molecule has 0 amide bonds. The van der Waals surface area contributed by atoms with Crippen LogP contribution in [-0.4, -0.2) is 24.1 Å². The zero-order chi connectivity index (χ0) is 33.2. The molecule has 10 rings (SSSR count). The first kappa shape index (κ1) is 28.0. The zero-order valence-corrected chi connectivity index (χ0v) is 26.8. The molecule has 0 radical (unpaired) electrons. The molecule has 7 aromatic carbocycles. The van der Waals surface area contributed by atoms with Crippen molar-refractivity contribution in [1.82, 2.24) is 24.1 Å². The minimum absolute atomic E-state index is 0.538. The van der Waals surface area contributed by atoms with Crippen molar-refractivity contribution in [3.63, 3.8) is 0 Å². The Morgan fingerprint density at radius 2 is 1.02 bits per heavy atom. The van der Waals surface area contributed by atoms with Gasteiger partial charge in [0.25, 0.3) is 0 Å². The molecule has 0 spiro atoms. The number of hydrogen-bond acceptors (Lipinski definition) is 3. The average molecular weight is 638 g/mol. The van der Waals surface area contributed by atoms with Gasteiger partial charge in [-0.3, -0.25) is 4.57 Å². The van der Waals surface area contributed by atoms with Crippen LogP contribution >= 0.6 is 0 Å². The maximum Gasteiger partial charge on any atom is 0.238 e. The van der Waals surface area contributed by atoms with Gasteiger partial charge in [0.2, 0.25) is 5.95 Å². The van der Waals surface area contributed by atoms with E-state index in [0.29, 0.717) is 17.6 Å². The maximum absolute atomic E-state index is 6.35. The van der Waals surface area contributed by atoms with Gasteiger partial charge in [0, 0.05) is 38.2 Å². The molecule has 0 saturated heterocycles. The van der Waals surface area contributed by atoms with Gasteiger partial charge in [-0.2, -0.15) is 9.97 Å². The molecule has 0 aliphatic carbocycles. The summed E-state index contributed by atoms with van der Waals surface area (Å²) in [5.74, 6) is 4.80. The number of fused-ring (bicyclic) bond motifs is 8. The van der Waals surface area contributed by atoms with Crippen LogP contribution in [0.3, 0.4) is 0 Å². The molecule has 3 aromatic heterocycles. The third kappa shape index (κ3) is 4.19. The van der Waals surface area contributed by atoms with Crippen LogP contribution in [0.4, 0.5) is 0 Å². The van der Waals surface area contributed by atoms with Crippen LogP contribution in [0.1, 0.15) is 5.56 Å². The van der Waals surface area contributed by atoms with Crippen molar-refractivity contribution in [1.29, 1.82) is 0 Å². The van der Waals surface area contributed by atoms with Crippen molar-refractivity contribution in [2.24, 2.45) is 0 Å². The van der Waals surface area contributed by atoms with Gasteiger partial charge < -0.3 is 4.57 Å². The van der Waals surface area contributed by atoms with Crippen molar-refractivity contribution in [2.45, 2.75) is 0 Å². The first-order chi connectivity index (χ1) is 24.8. The summed E-state index contributed by atoms with van der Waals surface area (Å²) >= 11 is 0. The van der Waals surface area contributed by atoms with E-state index in [0.717, 1.165) is 55.2 Å². The lowest BCUT2D eigenvalue weighted by molar-refractivity contribution is 0.953. The van der Waals surface area contributed by atoms with Crippen LogP contribution in [0.2, 0.25) is 0 Å². The van der Waals surface area contributed by atoms with Crippen LogP contribution < -0.4 is 0 Å². The smallest absolute Gasteiger partial charge is 0.238 e. The zero-order valence-electron chi connectivity index (χ0n) is 26.8. The van der Waals surface area contributed by atoms with E-state index in [1.807, 2.05) is 60.7 Å². The van der Waals surface area contributed by atoms with Gasteiger partial charge in [-0.1, -0.05) is 133 Å². The SMILES string of the molecule is C#Cc1cc2c3ccccc3n(-c3nc(-c4ccccc4)nc(-c4ccccc4)n3)c2cc1-n1c2ccccc2c2c3ccccc3ccc21. The Labute approximate surface area is 287 Å². The van der Waals surface area contributed by atoms with E-state index in [2.05, 4.69) is 112 Å². The Balaban J connectivity index is 1.32. The molecule has 0 aliphatic rings. The molecule has 0 atom stereocenters. The summed E-state index contributed by atoms with van der Waals surface area (Å²) in [6.45, 7) is 0. The van der Waals surface area contributed by atoms with Gasteiger partial charge in [0.15, 0.2) is 11.6 Å². The number of nitrogens with zero attached hydrogens (tertiary/aromatic N) is 5.